The van der Waals surface area contributed by atoms with Crippen molar-refractivity contribution in [3.63, 3.8) is 0 Å². The van der Waals surface area contributed by atoms with Crippen LogP contribution in [0.2, 0.25) is 0 Å². The lowest BCUT2D eigenvalue weighted by Crippen LogP contribution is -2.27. The molecule has 2 aromatic rings. The molecule has 0 aliphatic rings. The van der Waals surface area contributed by atoms with E-state index in [9.17, 15) is 18.4 Å². The first kappa shape index (κ1) is 21.3. The van der Waals surface area contributed by atoms with Crippen LogP contribution in [0.15, 0.2) is 36.4 Å². The Morgan fingerprint density at radius 3 is 2.61 bits per heavy atom. The smallest absolute Gasteiger partial charge is 0.394 e. The van der Waals surface area contributed by atoms with Crippen LogP contribution in [0.25, 0.3) is 0 Å². The number of carbonyl (C=O) groups excluding carboxylic acids is 2. The summed E-state index contributed by atoms with van der Waals surface area (Å²) in [6, 6.07) is 8.78. The number of nitrogens with zero attached hydrogens (tertiary/aromatic N) is 1. The molecule has 28 heavy (non-hydrogen) atoms. The van der Waals surface area contributed by atoms with Gasteiger partial charge in [0, 0.05) is 24.6 Å². The van der Waals surface area contributed by atoms with Crippen molar-refractivity contribution in [2.24, 2.45) is 0 Å². The number of ether oxygens (including phenoxy) is 1. The van der Waals surface area contributed by atoms with Crippen LogP contribution in [0.5, 0.6) is 5.75 Å². The fourth-order valence-electron chi connectivity index (χ4n) is 2.51. The molecule has 8 heteroatoms. The number of aromatic nitrogens is 1. The SMILES string of the molecule is CCC(=O)Nc1cc(C(=O)NC(C)c2cccc(OC(C)(F)F)c2)cc(C)n1. The topological polar surface area (TPSA) is 80.3 Å². The maximum atomic E-state index is 13.0. The van der Waals surface area contributed by atoms with Gasteiger partial charge in [0.2, 0.25) is 5.91 Å². The molecule has 1 unspecified atom stereocenters. The highest BCUT2D eigenvalue weighted by atomic mass is 19.3. The summed E-state index contributed by atoms with van der Waals surface area (Å²) in [7, 11) is 0. The molecule has 0 aliphatic carbocycles. The fourth-order valence-corrected chi connectivity index (χ4v) is 2.51. The van der Waals surface area contributed by atoms with Crippen molar-refractivity contribution < 1.29 is 23.1 Å². The van der Waals surface area contributed by atoms with Crippen LogP contribution in [-0.2, 0) is 4.79 Å². The summed E-state index contributed by atoms with van der Waals surface area (Å²) >= 11 is 0. The number of aryl methyl sites for hydroxylation is 1. The highest BCUT2D eigenvalue weighted by molar-refractivity contribution is 5.96. The Morgan fingerprint density at radius 1 is 1.25 bits per heavy atom. The van der Waals surface area contributed by atoms with Crippen LogP contribution in [0.4, 0.5) is 14.6 Å². The number of anilines is 1. The normalized spacial score (nSPS) is 12.2. The molecule has 2 rings (SSSR count). The van der Waals surface area contributed by atoms with Crippen molar-refractivity contribution in [2.45, 2.75) is 46.3 Å². The third-order valence-electron chi connectivity index (χ3n) is 3.81. The maximum absolute atomic E-state index is 13.0. The Labute approximate surface area is 162 Å². The lowest BCUT2D eigenvalue weighted by molar-refractivity contribution is -0.159. The second-order valence-corrected chi connectivity index (χ2v) is 6.46. The number of alkyl halides is 2. The molecule has 1 heterocycles. The number of carbonyl (C=O) groups is 2. The predicted octanol–water partition coefficient (Wildman–Crippen LogP) is 4.22. The van der Waals surface area contributed by atoms with E-state index < -0.39 is 12.2 Å². The summed E-state index contributed by atoms with van der Waals surface area (Å²) in [5.74, 6) is -0.278. The molecule has 6 nitrogen and oxygen atoms in total. The minimum atomic E-state index is -3.29. The van der Waals surface area contributed by atoms with E-state index in [1.54, 1.807) is 39.0 Å². The third kappa shape index (κ3) is 6.29. The zero-order chi connectivity index (χ0) is 20.9. The van der Waals surface area contributed by atoms with Gasteiger partial charge in [-0.3, -0.25) is 9.59 Å². The third-order valence-corrected chi connectivity index (χ3v) is 3.81. The first-order valence-corrected chi connectivity index (χ1v) is 8.83. The molecule has 0 saturated carbocycles. The summed E-state index contributed by atoms with van der Waals surface area (Å²) in [6.45, 7) is 5.82. The molecule has 0 aliphatic heterocycles. The van der Waals surface area contributed by atoms with E-state index in [2.05, 4.69) is 20.4 Å². The van der Waals surface area contributed by atoms with E-state index in [4.69, 9.17) is 0 Å². The number of amides is 2. The number of hydrogen-bond donors (Lipinski definition) is 2. The average Bonchev–Trinajstić information content (AvgIpc) is 2.59. The first-order chi connectivity index (χ1) is 13.1. The molecule has 0 bridgehead atoms. The van der Waals surface area contributed by atoms with E-state index in [0.717, 1.165) is 0 Å². The van der Waals surface area contributed by atoms with Crippen LogP contribution >= 0.6 is 0 Å². The van der Waals surface area contributed by atoms with Gasteiger partial charge in [0.25, 0.3) is 5.91 Å². The molecule has 2 N–H and O–H groups in total. The van der Waals surface area contributed by atoms with Crippen molar-refractivity contribution >= 4 is 17.6 Å². The fraction of sp³-hybridized carbons (Fsp3) is 0.350. The first-order valence-electron chi connectivity index (χ1n) is 8.83. The monoisotopic (exact) mass is 391 g/mol. The van der Waals surface area contributed by atoms with Gasteiger partial charge in [-0.2, -0.15) is 8.78 Å². The van der Waals surface area contributed by atoms with E-state index in [1.807, 2.05) is 0 Å². The highest BCUT2D eigenvalue weighted by Gasteiger charge is 2.23. The lowest BCUT2D eigenvalue weighted by atomic mass is 10.1. The Hall–Kier alpha value is -3.03. The Bertz CT molecular complexity index is 866. The molecule has 0 saturated heterocycles. The lowest BCUT2D eigenvalue weighted by Gasteiger charge is -2.18. The molecule has 0 fully saturated rings. The summed E-state index contributed by atoms with van der Waals surface area (Å²) in [5.41, 5.74) is 1.52. The van der Waals surface area contributed by atoms with Crippen LogP contribution in [0.3, 0.4) is 0 Å². The number of halogens is 2. The molecule has 1 aromatic heterocycles. The van der Waals surface area contributed by atoms with E-state index in [1.165, 1.54) is 18.2 Å². The van der Waals surface area contributed by atoms with E-state index in [-0.39, 0.29) is 17.6 Å². The van der Waals surface area contributed by atoms with Gasteiger partial charge in [0.1, 0.15) is 11.6 Å². The van der Waals surface area contributed by atoms with Crippen molar-refractivity contribution in [1.29, 1.82) is 0 Å². The number of benzene rings is 1. The Kier molecular flexibility index (Phi) is 6.66. The largest absolute Gasteiger partial charge is 0.433 e. The summed E-state index contributed by atoms with van der Waals surface area (Å²) in [6.07, 6.45) is -3.00. The molecule has 0 radical (unpaired) electrons. The van der Waals surface area contributed by atoms with Crippen molar-refractivity contribution in [2.75, 3.05) is 5.32 Å². The molecule has 0 spiro atoms. The van der Waals surface area contributed by atoms with Gasteiger partial charge in [0.05, 0.1) is 6.04 Å². The summed E-state index contributed by atoms with van der Waals surface area (Å²) < 4.78 is 30.6. The Balaban J connectivity index is 2.14. The minimum Gasteiger partial charge on any atom is -0.433 e. The van der Waals surface area contributed by atoms with Gasteiger partial charge in [-0.05, 0) is 43.7 Å². The molecule has 1 atom stereocenters. The van der Waals surface area contributed by atoms with Gasteiger partial charge in [-0.1, -0.05) is 19.1 Å². The van der Waals surface area contributed by atoms with E-state index in [0.29, 0.717) is 36.0 Å². The van der Waals surface area contributed by atoms with Gasteiger partial charge in [-0.15, -0.1) is 0 Å². The second kappa shape index (κ2) is 8.77. The maximum Gasteiger partial charge on any atom is 0.394 e. The second-order valence-electron chi connectivity index (χ2n) is 6.46. The standard InChI is InChI=1S/C20H23F2N3O3/c1-5-18(26)25-17-11-15(9-12(2)23-17)19(27)24-13(3)14-7-6-8-16(10-14)28-20(4,21)22/h6-11,13H,5H2,1-4H3,(H,24,27)(H,23,25,26). The van der Waals surface area contributed by atoms with Gasteiger partial charge in [0.15, 0.2) is 0 Å². The molecular weight excluding hydrogens is 368 g/mol. The summed E-state index contributed by atoms with van der Waals surface area (Å²) in [4.78, 5) is 28.3. The van der Waals surface area contributed by atoms with Crippen molar-refractivity contribution in [3.8, 4) is 5.75 Å². The number of pyridine rings is 1. The quantitative estimate of drug-likeness (QED) is 0.741. The zero-order valence-electron chi connectivity index (χ0n) is 16.2. The Morgan fingerprint density at radius 2 is 1.96 bits per heavy atom. The molecular formula is C20H23F2N3O3. The van der Waals surface area contributed by atoms with Crippen molar-refractivity contribution in [1.82, 2.24) is 10.3 Å². The number of rotatable bonds is 7. The van der Waals surface area contributed by atoms with Crippen LogP contribution in [-0.4, -0.2) is 22.9 Å². The zero-order valence-corrected chi connectivity index (χ0v) is 16.2. The van der Waals surface area contributed by atoms with Gasteiger partial charge in [-0.25, -0.2) is 4.98 Å². The highest BCUT2D eigenvalue weighted by Crippen LogP contribution is 2.24. The summed E-state index contributed by atoms with van der Waals surface area (Å²) in [5, 5.41) is 5.43. The van der Waals surface area contributed by atoms with Crippen LogP contribution < -0.4 is 15.4 Å². The molecule has 1 aromatic carbocycles. The van der Waals surface area contributed by atoms with Crippen LogP contribution in [0, 0.1) is 6.92 Å². The number of hydrogen-bond acceptors (Lipinski definition) is 4. The van der Waals surface area contributed by atoms with Gasteiger partial charge < -0.3 is 15.4 Å². The minimum absolute atomic E-state index is 0.00965. The molecule has 2 amide bonds. The average molecular weight is 391 g/mol. The van der Waals surface area contributed by atoms with E-state index >= 15 is 0 Å². The van der Waals surface area contributed by atoms with Crippen molar-refractivity contribution in [3.05, 3.63) is 53.2 Å². The number of nitrogens with one attached hydrogen (secondary N) is 2. The molecule has 150 valence electrons. The van der Waals surface area contributed by atoms with Crippen LogP contribution in [0.1, 0.15) is 54.8 Å². The predicted molar refractivity (Wildman–Crippen MR) is 101 cm³/mol. The van der Waals surface area contributed by atoms with Gasteiger partial charge >= 0.3 is 6.11 Å².